The lowest BCUT2D eigenvalue weighted by Gasteiger charge is -2.21. The zero-order valence-corrected chi connectivity index (χ0v) is 9.94. The second-order valence-corrected chi connectivity index (χ2v) is 4.86. The minimum absolute atomic E-state index is 0.118. The second kappa shape index (κ2) is 3.85. The molecule has 1 aliphatic carbocycles. The molecule has 0 radical (unpaired) electrons. The quantitative estimate of drug-likeness (QED) is 0.834. The zero-order valence-electron chi connectivity index (χ0n) is 9.18. The Morgan fingerprint density at radius 3 is 2.47 bits per heavy atom. The first-order valence-electron chi connectivity index (χ1n) is 5.26. The Labute approximate surface area is 102 Å². The van der Waals surface area contributed by atoms with Crippen LogP contribution in [0, 0.1) is 0 Å². The van der Waals surface area contributed by atoms with Crippen LogP contribution in [0.5, 0.6) is 0 Å². The van der Waals surface area contributed by atoms with Gasteiger partial charge in [0.1, 0.15) is 5.15 Å². The summed E-state index contributed by atoms with van der Waals surface area (Å²) >= 11 is 5.88. The van der Waals surface area contributed by atoms with Crippen molar-refractivity contribution < 1.29 is 13.2 Å². The van der Waals surface area contributed by atoms with Crippen LogP contribution in [0.3, 0.4) is 0 Å². The lowest BCUT2D eigenvalue weighted by atomic mass is 9.90. The maximum absolute atomic E-state index is 12.6. The van der Waals surface area contributed by atoms with Crippen molar-refractivity contribution in [1.82, 2.24) is 4.98 Å². The van der Waals surface area contributed by atoms with E-state index in [2.05, 4.69) is 4.98 Å². The summed E-state index contributed by atoms with van der Waals surface area (Å²) in [4.78, 5) is 3.62. The van der Waals surface area contributed by atoms with Crippen molar-refractivity contribution >= 4 is 11.6 Å². The molecule has 6 heteroatoms. The van der Waals surface area contributed by atoms with Gasteiger partial charge >= 0.3 is 6.18 Å². The normalized spacial score (nSPS) is 20.1. The van der Waals surface area contributed by atoms with Gasteiger partial charge in [-0.05, 0) is 31.4 Å². The number of halogens is 4. The Bertz CT molecular complexity index is 439. The number of hydrogen-bond acceptors (Lipinski definition) is 2. The first kappa shape index (κ1) is 12.6. The van der Waals surface area contributed by atoms with Gasteiger partial charge in [0.15, 0.2) is 0 Å². The van der Waals surface area contributed by atoms with E-state index in [0.717, 1.165) is 25.1 Å². The fourth-order valence-electron chi connectivity index (χ4n) is 2.06. The molecule has 17 heavy (non-hydrogen) atoms. The van der Waals surface area contributed by atoms with Gasteiger partial charge in [-0.2, -0.15) is 13.2 Å². The van der Waals surface area contributed by atoms with Crippen LogP contribution < -0.4 is 5.73 Å². The van der Waals surface area contributed by atoms with Crippen LogP contribution in [0.4, 0.5) is 13.2 Å². The first-order valence-corrected chi connectivity index (χ1v) is 5.64. The number of nitrogens with two attached hydrogens (primary N) is 1. The minimum atomic E-state index is -4.40. The molecule has 1 aromatic heterocycles. The predicted octanol–water partition coefficient (Wildman–Crippen LogP) is 3.13. The minimum Gasteiger partial charge on any atom is -0.327 e. The fraction of sp³-hybridized carbons (Fsp3) is 0.545. The van der Waals surface area contributed by atoms with Crippen LogP contribution in [0.1, 0.15) is 30.9 Å². The Morgan fingerprint density at radius 1 is 1.47 bits per heavy atom. The third kappa shape index (κ3) is 2.13. The monoisotopic (exact) mass is 264 g/mol. The molecule has 0 saturated heterocycles. The molecule has 1 unspecified atom stereocenters. The number of alkyl halides is 3. The fourth-order valence-corrected chi connectivity index (χ4v) is 2.35. The summed E-state index contributed by atoms with van der Waals surface area (Å²) in [5.74, 6) is 0. The average molecular weight is 265 g/mol. The van der Waals surface area contributed by atoms with Crippen molar-refractivity contribution in [3.63, 3.8) is 0 Å². The molecule has 2 nitrogen and oxygen atoms in total. The lowest BCUT2D eigenvalue weighted by molar-refractivity contribution is -0.137. The average Bonchev–Trinajstić information content (AvgIpc) is 2.97. The van der Waals surface area contributed by atoms with E-state index in [0.29, 0.717) is 5.56 Å². The van der Waals surface area contributed by atoms with Gasteiger partial charge < -0.3 is 5.73 Å². The highest BCUT2D eigenvalue weighted by atomic mass is 35.5. The molecule has 1 heterocycles. The van der Waals surface area contributed by atoms with Gasteiger partial charge in [-0.25, -0.2) is 4.98 Å². The summed E-state index contributed by atoms with van der Waals surface area (Å²) in [5.41, 5.74) is 5.05. The van der Waals surface area contributed by atoms with Gasteiger partial charge in [-0.15, -0.1) is 0 Å². The van der Waals surface area contributed by atoms with E-state index in [1.54, 1.807) is 6.92 Å². The Morgan fingerprint density at radius 2 is 2.06 bits per heavy atom. The number of hydrogen-bond donors (Lipinski definition) is 1. The van der Waals surface area contributed by atoms with Gasteiger partial charge in [0.05, 0.1) is 5.56 Å². The Kier molecular flexibility index (Phi) is 2.86. The SMILES string of the molecule is CC(N)C1(c2cc(C(F)(F)F)cnc2Cl)CC1. The van der Waals surface area contributed by atoms with E-state index in [9.17, 15) is 13.2 Å². The summed E-state index contributed by atoms with van der Waals surface area (Å²) in [7, 11) is 0. The van der Waals surface area contributed by atoms with E-state index < -0.39 is 17.2 Å². The van der Waals surface area contributed by atoms with Gasteiger partial charge in [0.25, 0.3) is 0 Å². The molecule has 0 spiro atoms. The van der Waals surface area contributed by atoms with Crippen molar-refractivity contribution in [2.45, 2.75) is 37.4 Å². The number of pyridine rings is 1. The largest absolute Gasteiger partial charge is 0.417 e. The summed E-state index contributed by atoms with van der Waals surface area (Å²) in [5, 5.41) is 0.118. The second-order valence-electron chi connectivity index (χ2n) is 4.50. The van der Waals surface area contributed by atoms with Gasteiger partial charge in [0, 0.05) is 17.7 Å². The smallest absolute Gasteiger partial charge is 0.327 e. The molecule has 2 rings (SSSR count). The number of nitrogens with zero attached hydrogens (tertiary/aromatic N) is 1. The molecule has 0 bridgehead atoms. The molecule has 0 aliphatic heterocycles. The van der Waals surface area contributed by atoms with Crippen molar-refractivity contribution in [3.05, 3.63) is 28.5 Å². The van der Waals surface area contributed by atoms with Gasteiger partial charge in [0.2, 0.25) is 0 Å². The van der Waals surface area contributed by atoms with Crippen LogP contribution in [-0.4, -0.2) is 11.0 Å². The molecule has 2 N–H and O–H groups in total. The number of rotatable bonds is 2. The maximum atomic E-state index is 12.6. The number of aromatic nitrogens is 1. The highest BCUT2D eigenvalue weighted by Crippen LogP contribution is 2.52. The van der Waals surface area contributed by atoms with Gasteiger partial charge in [-0.1, -0.05) is 11.6 Å². The van der Waals surface area contributed by atoms with Crippen LogP contribution in [-0.2, 0) is 11.6 Å². The highest BCUT2D eigenvalue weighted by Gasteiger charge is 2.49. The summed E-state index contributed by atoms with van der Waals surface area (Å²) in [6.45, 7) is 1.78. The molecule has 1 aliphatic rings. The maximum Gasteiger partial charge on any atom is 0.417 e. The topological polar surface area (TPSA) is 38.9 Å². The third-order valence-corrected chi connectivity index (χ3v) is 3.66. The van der Waals surface area contributed by atoms with Crippen molar-refractivity contribution in [1.29, 1.82) is 0 Å². The van der Waals surface area contributed by atoms with E-state index in [4.69, 9.17) is 17.3 Å². The van der Waals surface area contributed by atoms with Crippen LogP contribution >= 0.6 is 11.6 Å². The van der Waals surface area contributed by atoms with E-state index in [1.807, 2.05) is 0 Å². The van der Waals surface area contributed by atoms with Crippen LogP contribution in [0.25, 0.3) is 0 Å². The Balaban J connectivity index is 2.48. The molecule has 0 amide bonds. The molecule has 1 saturated carbocycles. The molecule has 1 aromatic rings. The molecular formula is C11H12ClF3N2. The molecule has 0 aromatic carbocycles. The van der Waals surface area contributed by atoms with E-state index in [1.165, 1.54) is 0 Å². The molecule has 1 fully saturated rings. The summed E-state index contributed by atoms with van der Waals surface area (Å²) in [6.07, 6.45) is -2.13. The molecule has 1 atom stereocenters. The summed E-state index contributed by atoms with van der Waals surface area (Å²) in [6, 6.07) is 0.844. The predicted molar refractivity (Wildman–Crippen MR) is 58.8 cm³/mol. The van der Waals surface area contributed by atoms with Crippen LogP contribution in [0.2, 0.25) is 5.15 Å². The van der Waals surface area contributed by atoms with Gasteiger partial charge in [-0.3, -0.25) is 0 Å². The summed E-state index contributed by atoms with van der Waals surface area (Å²) < 4.78 is 37.8. The standard InChI is InChI=1S/C11H12ClF3N2/c1-6(16)10(2-3-10)8-4-7(11(13,14)15)5-17-9(8)12/h4-6H,2-3,16H2,1H3. The highest BCUT2D eigenvalue weighted by molar-refractivity contribution is 6.30. The van der Waals surface area contributed by atoms with E-state index >= 15 is 0 Å². The zero-order chi connectivity index (χ0) is 12.8. The first-order chi connectivity index (χ1) is 7.77. The molecular weight excluding hydrogens is 253 g/mol. The van der Waals surface area contributed by atoms with E-state index in [-0.39, 0.29) is 11.2 Å². The third-order valence-electron chi connectivity index (χ3n) is 3.36. The molecule has 94 valence electrons. The van der Waals surface area contributed by atoms with Crippen molar-refractivity contribution in [3.8, 4) is 0 Å². The lowest BCUT2D eigenvalue weighted by Crippen LogP contribution is -2.32. The Hall–Kier alpha value is -0.810. The van der Waals surface area contributed by atoms with Crippen LogP contribution in [0.15, 0.2) is 12.3 Å². The van der Waals surface area contributed by atoms with Crippen molar-refractivity contribution in [2.24, 2.45) is 5.73 Å². The van der Waals surface area contributed by atoms with Crippen molar-refractivity contribution in [2.75, 3.05) is 0 Å².